The van der Waals surface area contributed by atoms with Crippen molar-refractivity contribution in [3.63, 3.8) is 0 Å². The minimum atomic E-state index is -0.833. The maximum absolute atomic E-state index is 11.2. The zero-order chi connectivity index (χ0) is 16.1. The summed E-state index contributed by atoms with van der Waals surface area (Å²) in [4.78, 5) is 18.1. The average molecular weight is 303 g/mol. The lowest BCUT2D eigenvalue weighted by Gasteiger charge is -2.21. The molecule has 22 heavy (non-hydrogen) atoms. The molecule has 1 N–H and O–H groups in total. The molecule has 5 nitrogen and oxygen atoms in total. The molecule has 0 aliphatic heterocycles. The number of aromatic nitrogens is 2. The van der Waals surface area contributed by atoms with E-state index in [0.717, 1.165) is 49.5 Å². The lowest BCUT2D eigenvalue weighted by atomic mass is 10.2. The van der Waals surface area contributed by atoms with Crippen LogP contribution in [0, 0.1) is 6.92 Å². The van der Waals surface area contributed by atoms with E-state index in [1.165, 1.54) is 0 Å². The maximum Gasteiger partial charge on any atom is 0.309 e. The van der Waals surface area contributed by atoms with Crippen molar-refractivity contribution < 1.29 is 9.90 Å². The Kier molecular flexibility index (Phi) is 5.55. The van der Waals surface area contributed by atoms with E-state index in [-0.39, 0.29) is 6.42 Å². The van der Waals surface area contributed by atoms with Crippen LogP contribution in [0.1, 0.15) is 43.8 Å². The second kappa shape index (κ2) is 7.40. The largest absolute Gasteiger partial charge is 0.481 e. The molecule has 0 fully saturated rings. The van der Waals surface area contributed by atoms with Gasteiger partial charge in [-0.05, 0) is 45.0 Å². The average Bonchev–Trinajstić information content (AvgIpc) is 2.78. The molecule has 0 aromatic carbocycles. The molecule has 2 rings (SSSR count). The Hall–Kier alpha value is -1.88. The number of nitrogens with zero attached hydrogens (tertiary/aromatic N) is 3. The van der Waals surface area contributed by atoms with Gasteiger partial charge in [-0.1, -0.05) is 19.9 Å². The fourth-order valence-electron chi connectivity index (χ4n) is 2.93. The summed E-state index contributed by atoms with van der Waals surface area (Å²) in [5.74, 6) is -0.833. The number of fused-ring (bicyclic) bond motifs is 1. The van der Waals surface area contributed by atoms with Gasteiger partial charge < -0.3 is 5.11 Å². The monoisotopic (exact) mass is 303 g/mol. The van der Waals surface area contributed by atoms with Gasteiger partial charge in [-0.3, -0.25) is 14.1 Å². The van der Waals surface area contributed by atoms with E-state index in [4.69, 9.17) is 5.11 Å². The van der Waals surface area contributed by atoms with Crippen LogP contribution < -0.4 is 0 Å². The van der Waals surface area contributed by atoms with Gasteiger partial charge in [0.2, 0.25) is 0 Å². The SMILES string of the molecule is CCCN(CCC)Cc1c(CC(=O)O)nc2cccc(C)n12. The highest BCUT2D eigenvalue weighted by Crippen LogP contribution is 2.18. The van der Waals surface area contributed by atoms with E-state index in [1.54, 1.807) is 0 Å². The lowest BCUT2D eigenvalue weighted by Crippen LogP contribution is -2.26. The van der Waals surface area contributed by atoms with Crippen LogP contribution in [-0.4, -0.2) is 38.4 Å². The van der Waals surface area contributed by atoms with Crippen LogP contribution in [0.4, 0.5) is 0 Å². The highest BCUT2D eigenvalue weighted by Gasteiger charge is 2.18. The van der Waals surface area contributed by atoms with Gasteiger partial charge in [-0.25, -0.2) is 4.98 Å². The van der Waals surface area contributed by atoms with Crippen LogP contribution in [0.25, 0.3) is 5.65 Å². The standard InChI is InChI=1S/C17H25N3O2/c1-4-9-19(10-5-2)12-15-14(11-17(21)22)18-16-8-6-7-13(3)20(15)16/h6-8H,4-5,9-12H2,1-3H3,(H,21,22). The molecule has 0 aliphatic carbocycles. The number of hydrogen-bond acceptors (Lipinski definition) is 3. The molecule has 120 valence electrons. The third-order valence-electron chi connectivity index (χ3n) is 3.79. The van der Waals surface area contributed by atoms with Gasteiger partial charge >= 0.3 is 5.97 Å². The molecular weight excluding hydrogens is 278 g/mol. The summed E-state index contributed by atoms with van der Waals surface area (Å²) < 4.78 is 2.09. The second-order valence-corrected chi connectivity index (χ2v) is 5.71. The zero-order valence-electron chi connectivity index (χ0n) is 13.7. The Bertz CT molecular complexity index is 643. The summed E-state index contributed by atoms with van der Waals surface area (Å²) >= 11 is 0. The molecule has 0 bridgehead atoms. The molecule has 0 atom stereocenters. The summed E-state index contributed by atoms with van der Waals surface area (Å²) in [5, 5.41) is 9.16. The third kappa shape index (κ3) is 3.65. The number of aryl methyl sites for hydroxylation is 1. The van der Waals surface area contributed by atoms with Gasteiger partial charge in [0.05, 0.1) is 17.8 Å². The molecule has 0 aliphatic rings. The quantitative estimate of drug-likeness (QED) is 0.814. The topological polar surface area (TPSA) is 57.8 Å². The summed E-state index contributed by atoms with van der Waals surface area (Å²) in [6.45, 7) is 9.14. The smallest absolute Gasteiger partial charge is 0.309 e. The van der Waals surface area contributed by atoms with Crippen molar-refractivity contribution in [1.82, 2.24) is 14.3 Å². The van der Waals surface area contributed by atoms with Crippen molar-refractivity contribution in [1.29, 1.82) is 0 Å². The van der Waals surface area contributed by atoms with Crippen LogP contribution in [0.3, 0.4) is 0 Å². The van der Waals surface area contributed by atoms with Gasteiger partial charge in [-0.15, -0.1) is 0 Å². The minimum Gasteiger partial charge on any atom is -0.481 e. The molecule has 5 heteroatoms. The Labute approximate surface area is 131 Å². The van der Waals surface area contributed by atoms with E-state index in [9.17, 15) is 4.79 Å². The molecule has 0 amide bonds. The van der Waals surface area contributed by atoms with Gasteiger partial charge in [0.25, 0.3) is 0 Å². The van der Waals surface area contributed by atoms with Crippen molar-refractivity contribution in [2.75, 3.05) is 13.1 Å². The fourth-order valence-corrected chi connectivity index (χ4v) is 2.93. The molecular formula is C17H25N3O2. The molecule has 0 radical (unpaired) electrons. The Morgan fingerprint density at radius 3 is 2.55 bits per heavy atom. The highest BCUT2D eigenvalue weighted by molar-refractivity contribution is 5.70. The van der Waals surface area contributed by atoms with Crippen LogP contribution >= 0.6 is 0 Å². The van der Waals surface area contributed by atoms with Crippen molar-refractivity contribution in [3.8, 4) is 0 Å². The van der Waals surface area contributed by atoms with Crippen molar-refractivity contribution in [2.24, 2.45) is 0 Å². The Morgan fingerprint density at radius 2 is 1.95 bits per heavy atom. The number of imidazole rings is 1. The Balaban J connectivity index is 2.45. The van der Waals surface area contributed by atoms with Gasteiger partial charge in [0, 0.05) is 12.2 Å². The molecule has 0 saturated heterocycles. The summed E-state index contributed by atoms with van der Waals surface area (Å²) in [6, 6.07) is 5.93. The summed E-state index contributed by atoms with van der Waals surface area (Å²) in [7, 11) is 0. The molecule has 0 unspecified atom stereocenters. The summed E-state index contributed by atoms with van der Waals surface area (Å²) in [6.07, 6.45) is 2.15. The first-order valence-corrected chi connectivity index (χ1v) is 7.96. The van der Waals surface area contributed by atoms with Crippen LogP contribution in [0.2, 0.25) is 0 Å². The Morgan fingerprint density at radius 1 is 1.27 bits per heavy atom. The van der Waals surface area contributed by atoms with Crippen LogP contribution in [0.5, 0.6) is 0 Å². The number of pyridine rings is 1. The molecule has 0 spiro atoms. The van der Waals surface area contributed by atoms with Gasteiger partial charge in [-0.2, -0.15) is 0 Å². The first-order chi connectivity index (χ1) is 10.6. The molecule has 2 aromatic heterocycles. The first-order valence-electron chi connectivity index (χ1n) is 7.96. The van der Waals surface area contributed by atoms with Crippen LogP contribution in [0.15, 0.2) is 18.2 Å². The highest BCUT2D eigenvalue weighted by atomic mass is 16.4. The predicted molar refractivity (Wildman–Crippen MR) is 87.1 cm³/mol. The van der Waals surface area contributed by atoms with E-state index in [2.05, 4.69) is 28.1 Å². The molecule has 2 aromatic rings. The number of carboxylic acid groups (broad SMARTS) is 1. The normalized spacial score (nSPS) is 11.5. The second-order valence-electron chi connectivity index (χ2n) is 5.71. The fraction of sp³-hybridized carbons (Fsp3) is 0.529. The van der Waals surface area contributed by atoms with Crippen LogP contribution in [-0.2, 0) is 17.8 Å². The number of carboxylic acids is 1. The van der Waals surface area contributed by atoms with Gasteiger partial charge in [0.1, 0.15) is 5.65 Å². The predicted octanol–water partition coefficient (Wildman–Crippen LogP) is 2.89. The van der Waals surface area contributed by atoms with E-state index >= 15 is 0 Å². The maximum atomic E-state index is 11.2. The van der Waals surface area contributed by atoms with E-state index < -0.39 is 5.97 Å². The first kappa shape index (κ1) is 16.5. The molecule has 2 heterocycles. The van der Waals surface area contributed by atoms with E-state index in [0.29, 0.717) is 5.69 Å². The van der Waals surface area contributed by atoms with Crippen molar-refractivity contribution in [2.45, 2.75) is 46.6 Å². The lowest BCUT2D eigenvalue weighted by molar-refractivity contribution is -0.136. The van der Waals surface area contributed by atoms with Gasteiger partial charge in [0.15, 0.2) is 0 Å². The number of aliphatic carboxylic acids is 1. The van der Waals surface area contributed by atoms with Crippen molar-refractivity contribution in [3.05, 3.63) is 35.3 Å². The number of hydrogen-bond donors (Lipinski definition) is 1. The molecule has 0 saturated carbocycles. The minimum absolute atomic E-state index is 0.0253. The summed E-state index contributed by atoms with van der Waals surface area (Å²) in [5.41, 5.74) is 3.61. The number of carbonyl (C=O) groups is 1. The van der Waals surface area contributed by atoms with E-state index in [1.807, 2.05) is 25.1 Å². The third-order valence-corrected chi connectivity index (χ3v) is 3.79. The number of rotatable bonds is 8. The van der Waals surface area contributed by atoms with Crippen molar-refractivity contribution >= 4 is 11.6 Å². The zero-order valence-corrected chi connectivity index (χ0v) is 13.7.